The second kappa shape index (κ2) is 6.47. The molecule has 5 heteroatoms. The van der Waals surface area contributed by atoms with Crippen molar-refractivity contribution in [3.63, 3.8) is 0 Å². The van der Waals surface area contributed by atoms with Crippen LogP contribution < -0.4 is 10.6 Å². The van der Waals surface area contributed by atoms with Gasteiger partial charge >= 0.3 is 0 Å². The lowest BCUT2D eigenvalue weighted by Crippen LogP contribution is -2.45. The molecule has 1 heterocycles. The summed E-state index contributed by atoms with van der Waals surface area (Å²) in [6.07, 6.45) is 0.989. The lowest BCUT2D eigenvalue weighted by Gasteiger charge is -2.20. The van der Waals surface area contributed by atoms with E-state index in [1.165, 1.54) is 0 Å². The third kappa shape index (κ3) is 3.91. The average molecular weight is 240 g/mol. The molecular formula is C12H24N4O. The molecule has 0 bridgehead atoms. The number of rotatable bonds is 3. The molecule has 0 aliphatic carbocycles. The minimum atomic E-state index is 0.0850. The molecule has 17 heavy (non-hydrogen) atoms. The first-order valence-corrected chi connectivity index (χ1v) is 6.34. The first-order chi connectivity index (χ1) is 8.08. The summed E-state index contributed by atoms with van der Waals surface area (Å²) in [6.45, 7) is 8.40. The van der Waals surface area contributed by atoms with Crippen LogP contribution in [0.5, 0.6) is 0 Å². The molecule has 1 rings (SSSR count). The van der Waals surface area contributed by atoms with Gasteiger partial charge in [-0.1, -0.05) is 13.8 Å². The van der Waals surface area contributed by atoms with Crippen molar-refractivity contribution in [2.24, 2.45) is 10.9 Å². The number of carbonyl (C=O) groups excluding carboxylic acids is 1. The van der Waals surface area contributed by atoms with Crippen molar-refractivity contribution in [3.8, 4) is 0 Å². The molecule has 1 unspecified atom stereocenters. The third-order valence-corrected chi connectivity index (χ3v) is 2.90. The SMILES string of the molecule is CCNC(=NC)NC1CCN(C(=O)C(C)C)C1. The lowest BCUT2D eigenvalue weighted by molar-refractivity contribution is -0.133. The van der Waals surface area contributed by atoms with Crippen LogP contribution in [0.2, 0.25) is 0 Å². The number of aliphatic imine (C=N–C) groups is 1. The molecule has 2 N–H and O–H groups in total. The van der Waals surface area contributed by atoms with E-state index < -0.39 is 0 Å². The zero-order valence-electron chi connectivity index (χ0n) is 11.3. The van der Waals surface area contributed by atoms with Crippen molar-refractivity contribution in [1.82, 2.24) is 15.5 Å². The number of carbonyl (C=O) groups is 1. The lowest BCUT2D eigenvalue weighted by atomic mass is 10.2. The molecular weight excluding hydrogens is 216 g/mol. The third-order valence-electron chi connectivity index (χ3n) is 2.90. The van der Waals surface area contributed by atoms with E-state index in [4.69, 9.17) is 0 Å². The van der Waals surface area contributed by atoms with E-state index >= 15 is 0 Å². The predicted molar refractivity (Wildman–Crippen MR) is 70.0 cm³/mol. The zero-order valence-corrected chi connectivity index (χ0v) is 11.3. The molecule has 0 aromatic heterocycles. The van der Waals surface area contributed by atoms with E-state index in [1.54, 1.807) is 7.05 Å². The largest absolute Gasteiger partial charge is 0.357 e. The quantitative estimate of drug-likeness (QED) is 0.555. The van der Waals surface area contributed by atoms with E-state index in [9.17, 15) is 4.79 Å². The Morgan fingerprint density at radius 2 is 2.24 bits per heavy atom. The summed E-state index contributed by atoms with van der Waals surface area (Å²) < 4.78 is 0. The van der Waals surface area contributed by atoms with Crippen molar-refractivity contribution in [2.75, 3.05) is 26.7 Å². The Labute approximate surface area is 104 Å². The summed E-state index contributed by atoms with van der Waals surface area (Å²) in [5.74, 6) is 1.14. The van der Waals surface area contributed by atoms with Gasteiger partial charge in [0.15, 0.2) is 5.96 Å². The number of guanidine groups is 1. The molecule has 1 aliphatic heterocycles. The van der Waals surface area contributed by atoms with Gasteiger partial charge in [0, 0.05) is 38.6 Å². The van der Waals surface area contributed by atoms with Gasteiger partial charge in [0.05, 0.1) is 0 Å². The molecule has 1 fully saturated rings. The van der Waals surface area contributed by atoms with Crippen LogP contribution in [0.3, 0.4) is 0 Å². The van der Waals surface area contributed by atoms with Crippen LogP contribution in [0.25, 0.3) is 0 Å². The molecule has 0 spiro atoms. The van der Waals surface area contributed by atoms with Gasteiger partial charge in [0.25, 0.3) is 0 Å². The highest BCUT2D eigenvalue weighted by Crippen LogP contribution is 2.12. The summed E-state index contributed by atoms with van der Waals surface area (Å²) in [5, 5.41) is 6.50. The molecule has 1 atom stereocenters. The Morgan fingerprint density at radius 1 is 1.53 bits per heavy atom. The molecule has 0 saturated carbocycles. The minimum Gasteiger partial charge on any atom is -0.357 e. The highest BCUT2D eigenvalue weighted by atomic mass is 16.2. The van der Waals surface area contributed by atoms with Gasteiger partial charge in [-0.2, -0.15) is 0 Å². The second-order valence-electron chi connectivity index (χ2n) is 4.67. The van der Waals surface area contributed by atoms with Gasteiger partial charge in [-0.15, -0.1) is 0 Å². The normalized spacial score (nSPS) is 20.9. The fraction of sp³-hybridized carbons (Fsp3) is 0.833. The summed E-state index contributed by atoms with van der Waals surface area (Å²) in [5.41, 5.74) is 0. The van der Waals surface area contributed by atoms with E-state index in [0.717, 1.165) is 32.0 Å². The van der Waals surface area contributed by atoms with E-state index in [-0.39, 0.29) is 11.8 Å². The fourth-order valence-electron chi connectivity index (χ4n) is 2.00. The van der Waals surface area contributed by atoms with Gasteiger partial charge < -0.3 is 15.5 Å². The Kier molecular flexibility index (Phi) is 5.25. The Bertz CT molecular complexity index is 288. The number of nitrogens with one attached hydrogen (secondary N) is 2. The van der Waals surface area contributed by atoms with E-state index in [1.807, 2.05) is 25.7 Å². The highest BCUT2D eigenvalue weighted by Gasteiger charge is 2.27. The van der Waals surface area contributed by atoms with Gasteiger partial charge in [-0.25, -0.2) is 0 Å². The maximum absolute atomic E-state index is 11.8. The van der Waals surface area contributed by atoms with Crippen LogP contribution in [0.4, 0.5) is 0 Å². The van der Waals surface area contributed by atoms with Crippen molar-refractivity contribution in [1.29, 1.82) is 0 Å². The monoisotopic (exact) mass is 240 g/mol. The van der Waals surface area contributed by atoms with Gasteiger partial charge in [-0.05, 0) is 13.3 Å². The minimum absolute atomic E-state index is 0.0850. The zero-order chi connectivity index (χ0) is 12.8. The van der Waals surface area contributed by atoms with Crippen LogP contribution >= 0.6 is 0 Å². The standard InChI is InChI=1S/C12H24N4O/c1-5-14-12(13-4)15-10-6-7-16(8-10)11(17)9(2)3/h9-10H,5-8H2,1-4H3,(H2,13,14,15). The Balaban J connectivity index is 2.43. The van der Waals surface area contributed by atoms with Crippen molar-refractivity contribution >= 4 is 11.9 Å². The smallest absolute Gasteiger partial charge is 0.225 e. The Hall–Kier alpha value is -1.26. The maximum atomic E-state index is 11.8. The van der Waals surface area contributed by atoms with Gasteiger partial charge in [0.2, 0.25) is 5.91 Å². The molecule has 1 aliphatic rings. The average Bonchev–Trinajstić information content (AvgIpc) is 2.75. The Morgan fingerprint density at radius 3 is 2.76 bits per heavy atom. The number of amides is 1. The highest BCUT2D eigenvalue weighted by molar-refractivity contribution is 5.81. The number of hydrogen-bond donors (Lipinski definition) is 2. The summed E-state index contributed by atoms with van der Waals surface area (Å²) in [7, 11) is 1.76. The molecule has 98 valence electrons. The van der Waals surface area contributed by atoms with Crippen LogP contribution in [0, 0.1) is 5.92 Å². The van der Waals surface area contributed by atoms with E-state index in [0.29, 0.717) is 6.04 Å². The van der Waals surface area contributed by atoms with Crippen molar-refractivity contribution < 1.29 is 4.79 Å². The van der Waals surface area contributed by atoms with Crippen LogP contribution in [0.15, 0.2) is 4.99 Å². The van der Waals surface area contributed by atoms with E-state index in [2.05, 4.69) is 15.6 Å². The topological polar surface area (TPSA) is 56.7 Å². The fourth-order valence-corrected chi connectivity index (χ4v) is 2.00. The number of hydrogen-bond acceptors (Lipinski definition) is 2. The molecule has 1 saturated heterocycles. The van der Waals surface area contributed by atoms with Gasteiger partial charge in [-0.3, -0.25) is 9.79 Å². The van der Waals surface area contributed by atoms with Crippen molar-refractivity contribution in [2.45, 2.75) is 33.2 Å². The summed E-state index contributed by atoms with van der Waals surface area (Å²) >= 11 is 0. The maximum Gasteiger partial charge on any atom is 0.225 e. The summed E-state index contributed by atoms with van der Waals surface area (Å²) in [4.78, 5) is 17.9. The first kappa shape index (κ1) is 13.8. The molecule has 0 aromatic rings. The van der Waals surface area contributed by atoms with Crippen LogP contribution in [0.1, 0.15) is 27.2 Å². The van der Waals surface area contributed by atoms with Crippen LogP contribution in [-0.4, -0.2) is 49.5 Å². The molecule has 0 radical (unpaired) electrons. The number of nitrogens with zero attached hydrogens (tertiary/aromatic N) is 2. The predicted octanol–water partition coefficient (Wildman–Crippen LogP) is 0.428. The molecule has 1 amide bonds. The number of likely N-dealkylation sites (tertiary alicyclic amines) is 1. The summed E-state index contributed by atoms with van der Waals surface area (Å²) in [6, 6.07) is 0.315. The second-order valence-corrected chi connectivity index (χ2v) is 4.67. The first-order valence-electron chi connectivity index (χ1n) is 6.34. The van der Waals surface area contributed by atoms with Crippen LogP contribution in [-0.2, 0) is 4.79 Å². The molecule has 0 aromatic carbocycles. The van der Waals surface area contributed by atoms with Gasteiger partial charge in [0.1, 0.15) is 0 Å². The molecule has 5 nitrogen and oxygen atoms in total. The van der Waals surface area contributed by atoms with Crippen molar-refractivity contribution in [3.05, 3.63) is 0 Å².